The third-order valence-electron chi connectivity index (χ3n) is 5.67. The third-order valence-corrected chi connectivity index (χ3v) is 9.00. The minimum Gasteiger partial charge on any atom is -0.423 e. The van der Waals surface area contributed by atoms with Gasteiger partial charge in [0.1, 0.15) is 9.57 Å². The molecule has 2 heterocycles. The maximum Gasteiger partial charge on any atom is 0.343 e. The zero-order valence-corrected chi connectivity index (χ0v) is 20.4. The molecular formula is C26H19NO3S3. The molecular weight excluding hydrogens is 470 g/mol. The van der Waals surface area contributed by atoms with Crippen LogP contribution in [0.25, 0.3) is 11.1 Å². The van der Waals surface area contributed by atoms with Gasteiger partial charge in [0.05, 0.1) is 21.7 Å². The van der Waals surface area contributed by atoms with E-state index in [1.807, 2.05) is 67.3 Å². The van der Waals surface area contributed by atoms with Crippen LogP contribution in [0.2, 0.25) is 0 Å². The number of carbonyl (C=O) groups is 2. The summed E-state index contributed by atoms with van der Waals surface area (Å²) in [5.74, 6) is -0.118. The third kappa shape index (κ3) is 3.72. The van der Waals surface area contributed by atoms with Crippen LogP contribution in [-0.4, -0.2) is 11.9 Å². The lowest BCUT2D eigenvalue weighted by molar-refractivity contribution is 0.0734. The first-order valence-corrected chi connectivity index (χ1v) is 12.9. The highest BCUT2D eigenvalue weighted by Crippen LogP contribution is 2.53. The molecule has 0 unspecified atom stereocenters. The summed E-state index contributed by atoms with van der Waals surface area (Å²) in [6.07, 6.45) is 0. The van der Waals surface area contributed by atoms with Gasteiger partial charge in [0.25, 0.3) is 5.91 Å². The zero-order chi connectivity index (χ0) is 23.2. The topological polar surface area (TPSA) is 46.6 Å². The van der Waals surface area contributed by atoms with E-state index < -0.39 is 11.5 Å². The largest absolute Gasteiger partial charge is 0.423 e. The summed E-state index contributed by atoms with van der Waals surface area (Å²) < 4.78 is 6.43. The van der Waals surface area contributed by atoms with Crippen molar-refractivity contribution in [1.29, 1.82) is 0 Å². The molecule has 1 amide bonds. The van der Waals surface area contributed by atoms with E-state index in [1.165, 1.54) is 10.3 Å². The number of ether oxygens (including phenoxy) is 1. The van der Waals surface area contributed by atoms with Gasteiger partial charge in [-0.05, 0) is 56.3 Å². The predicted molar refractivity (Wildman–Crippen MR) is 136 cm³/mol. The summed E-state index contributed by atoms with van der Waals surface area (Å²) in [6, 6.07) is 23.5. The highest BCUT2D eigenvalue weighted by atomic mass is 32.9. The number of rotatable bonds is 3. The summed E-state index contributed by atoms with van der Waals surface area (Å²) in [6.45, 7) is 4.08. The van der Waals surface area contributed by atoms with Crippen molar-refractivity contribution in [2.24, 2.45) is 0 Å². The molecule has 0 spiro atoms. The van der Waals surface area contributed by atoms with Crippen molar-refractivity contribution < 1.29 is 14.3 Å². The Kier molecular flexibility index (Phi) is 5.48. The lowest BCUT2D eigenvalue weighted by Gasteiger charge is -2.43. The fourth-order valence-electron chi connectivity index (χ4n) is 4.09. The number of amides is 1. The second-order valence-electron chi connectivity index (χ2n) is 8.16. The summed E-state index contributed by atoms with van der Waals surface area (Å²) in [7, 11) is 3.11. The number of esters is 1. The van der Waals surface area contributed by atoms with E-state index >= 15 is 0 Å². The van der Waals surface area contributed by atoms with Crippen LogP contribution in [-0.2, 0) is 5.54 Å². The van der Waals surface area contributed by atoms with Gasteiger partial charge in [-0.2, -0.15) is 0 Å². The molecule has 0 saturated carbocycles. The maximum atomic E-state index is 13.7. The fraction of sp³-hybridized carbons (Fsp3) is 0.115. The molecule has 0 aliphatic carbocycles. The number of anilines is 1. The Morgan fingerprint density at radius 3 is 2.18 bits per heavy atom. The van der Waals surface area contributed by atoms with Crippen molar-refractivity contribution >= 4 is 50.5 Å². The van der Waals surface area contributed by atoms with Gasteiger partial charge < -0.3 is 4.74 Å². The molecule has 3 aromatic carbocycles. The lowest BCUT2D eigenvalue weighted by atomic mass is 9.86. The molecule has 4 aromatic rings. The van der Waals surface area contributed by atoms with Crippen LogP contribution in [0.1, 0.15) is 39.4 Å². The maximum absolute atomic E-state index is 13.7. The summed E-state index contributed by atoms with van der Waals surface area (Å²) in [4.78, 5) is 29.1. The van der Waals surface area contributed by atoms with Crippen molar-refractivity contribution in [3.05, 3.63) is 98.7 Å². The van der Waals surface area contributed by atoms with Crippen molar-refractivity contribution in [2.75, 3.05) is 4.90 Å². The Hall–Kier alpha value is -3.13. The summed E-state index contributed by atoms with van der Waals surface area (Å²) in [5, 5.41) is 0. The monoisotopic (exact) mass is 489 g/mol. The number of hydrogen-bond acceptors (Lipinski definition) is 6. The van der Waals surface area contributed by atoms with E-state index in [1.54, 1.807) is 40.7 Å². The van der Waals surface area contributed by atoms with Gasteiger partial charge in [-0.3, -0.25) is 9.69 Å². The van der Waals surface area contributed by atoms with Crippen molar-refractivity contribution in [1.82, 2.24) is 0 Å². The number of hydrogen-bond donors (Lipinski definition) is 0. The van der Waals surface area contributed by atoms with Crippen molar-refractivity contribution in [2.45, 2.75) is 19.4 Å². The lowest BCUT2D eigenvalue weighted by Crippen LogP contribution is -2.47. The van der Waals surface area contributed by atoms with Gasteiger partial charge in [-0.15, -0.1) is 0 Å². The second-order valence-corrected chi connectivity index (χ2v) is 11.0. The molecule has 4 nitrogen and oxygen atoms in total. The van der Waals surface area contributed by atoms with Gasteiger partial charge in [-0.25, -0.2) is 4.79 Å². The van der Waals surface area contributed by atoms with E-state index in [-0.39, 0.29) is 5.91 Å². The van der Waals surface area contributed by atoms with Crippen LogP contribution >= 0.6 is 32.9 Å². The molecule has 0 bridgehead atoms. The molecule has 33 heavy (non-hydrogen) atoms. The van der Waals surface area contributed by atoms with Crippen LogP contribution in [0.3, 0.4) is 0 Å². The molecule has 0 radical (unpaired) electrons. The molecule has 0 saturated heterocycles. The second kappa shape index (κ2) is 8.33. The summed E-state index contributed by atoms with van der Waals surface area (Å²) >= 11 is 5.67. The van der Waals surface area contributed by atoms with Crippen LogP contribution in [0.15, 0.2) is 78.9 Å². The Bertz CT molecular complexity index is 1420. The SMILES string of the molecule is CC1(C)c2ssc(=S)c2-c2cc(OC(=O)c3ccccc3)ccc2N1C(=O)c1ccccc1. The minimum absolute atomic E-state index is 0.0918. The van der Waals surface area contributed by atoms with Gasteiger partial charge in [0.2, 0.25) is 0 Å². The highest BCUT2D eigenvalue weighted by molar-refractivity contribution is 7.80. The Labute approximate surface area is 204 Å². The van der Waals surface area contributed by atoms with Gasteiger partial charge in [-0.1, -0.05) is 69.3 Å². The van der Waals surface area contributed by atoms with Crippen LogP contribution in [0, 0.1) is 3.82 Å². The van der Waals surface area contributed by atoms with Crippen molar-refractivity contribution in [3.63, 3.8) is 0 Å². The fourth-order valence-corrected chi connectivity index (χ4v) is 7.37. The highest BCUT2D eigenvalue weighted by Gasteiger charge is 2.43. The Morgan fingerprint density at radius 2 is 1.52 bits per heavy atom. The van der Waals surface area contributed by atoms with Crippen LogP contribution in [0.4, 0.5) is 5.69 Å². The van der Waals surface area contributed by atoms with Crippen molar-refractivity contribution in [3.8, 4) is 16.9 Å². The molecule has 0 N–H and O–H groups in total. The van der Waals surface area contributed by atoms with Crippen LogP contribution in [0.5, 0.6) is 5.75 Å². The number of carbonyl (C=O) groups excluding carboxylic acids is 2. The quantitative estimate of drug-likeness (QED) is 0.131. The van der Waals surface area contributed by atoms with E-state index in [0.717, 1.165) is 25.5 Å². The number of benzene rings is 3. The molecule has 1 aliphatic rings. The molecule has 0 atom stereocenters. The molecule has 1 aliphatic heterocycles. The standard InChI is InChI=1S/C26H19NO3S3/c1-26(2)22-21(25(31)33-32-22)19-15-18(30-24(29)17-11-7-4-8-12-17)13-14-20(19)27(26)23(28)16-9-5-3-6-10-16/h3-15H,1-2H3. The number of fused-ring (bicyclic) bond motifs is 3. The Morgan fingerprint density at radius 1 is 0.879 bits per heavy atom. The van der Waals surface area contributed by atoms with E-state index in [0.29, 0.717) is 16.9 Å². The van der Waals surface area contributed by atoms with Gasteiger partial charge in [0.15, 0.2) is 0 Å². The first kappa shape index (κ1) is 21.7. The van der Waals surface area contributed by atoms with E-state index in [9.17, 15) is 9.59 Å². The van der Waals surface area contributed by atoms with Gasteiger partial charge >= 0.3 is 5.97 Å². The van der Waals surface area contributed by atoms with Crippen LogP contribution < -0.4 is 9.64 Å². The minimum atomic E-state index is -0.588. The molecule has 0 fully saturated rings. The molecule has 5 rings (SSSR count). The molecule has 7 heteroatoms. The first-order chi connectivity index (χ1) is 15.9. The average molecular weight is 490 g/mol. The normalized spacial score (nSPS) is 13.7. The predicted octanol–water partition coefficient (Wildman–Crippen LogP) is 7.32. The van der Waals surface area contributed by atoms with E-state index in [2.05, 4.69) is 0 Å². The molecule has 1 aromatic heterocycles. The van der Waals surface area contributed by atoms with Gasteiger partial charge in [0, 0.05) is 16.7 Å². The molecule has 164 valence electrons. The van der Waals surface area contributed by atoms with E-state index in [4.69, 9.17) is 17.0 Å². The average Bonchev–Trinajstić information content (AvgIpc) is 3.23. The zero-order valence-electron chi connectivity index (χ0n) is 17.9. The number of nitrogens with zero attached hydrogens (tertiary/aromatic N) is 1. The Balaban J connectivity index is 1.62. The smallest absolute Gasteiger partial charge is 0.343 e. The summed E-state index contributed by atoms with van der Waals surface area (Å²) in [5.41, 5.74) is 2.98. The first-order valence-electron chi connectivity index (χ1n) is 10.3.